The molecule has 2 aliphatic rings. The van der Waals surface area contributed by atoms with Crippen molar-refractivity contribution in [1.29, 1.82) is 0 Å². The van der Waals surface area contributed by atoms with Crippen molar-refractivity contribution in [3.8, 4) is 0 Å². The second-order valence-corrected chi connectivity index (χ2v) is 8.25. The average Bonchev–Trinajstić information content (AvgIpc) is 3.20. The minimum absolute atomic E-state index is 0.144. The Hall–Kier alpha value is -1.31. The molecule has 2 aromatic heterocycles. The Morgan fingerprint density at radius 1 is 1.52 bits per heavy atom. The Labute approximate surface area is 150 Å². The molecule has 136 valence electrons. The summed E-state index contributed by atoms with van der Waals surface area (Å²) in [5.41, 5.74) is 2.05. The number of aromatic nitrogens is 2. The first kappa shape index (κ1) is 17.1. The van der Waals surface area contributed by atoms with Crippen molar-refractivity contribution in [1.82, 2.24) is 15.1 Å². The number of rotatable bonds is 4. The van der Waals surface area contributed by atoms with Gasteiger partial charge in [0.25, 0.3) is 0 Å². The predicted octanol–water partition coefficient (Wildman–Crippen LogP) is 3.73. The van der Waals surface area contributed by atoms with Gasteiger partial charge in [-0.2, -0.15) is 5.10 Å². The zero-order valence-electron chi connectivity index (χ0n) is 14.3. The normalized spacial score (nSPS) is 27.1. The molecule has 0 saturated carbocycles. The lowest BCUT2D eigenvalue weighted by molar-refractivity contribution is -0.110. The van der Waals surface area contributed by atoms with Crippen LogP contribution in [0.3, 0.4) is 0 Å². The quantitative estimate of drug-likeness (QED) is 0.895. The van der Waals surface area contributed by atoms with Gasteiger partial charge < -0.3 is 4.74 Å². The summed E-state index contributed by atoms with van der Waals surface area (Å²) in [4.78, 5) is 4.42. The van der Waals surface area contributed by atoms with Gasteiger partial charge in [0.15, 0.2) is 0 Å². The molecule has 1 spiro atoms. The van der Waals surface area contributed by atoms with Gasteiger partial charge in [-0.05, 0) is 43.9 Å². The van der Waals surface area contributed by atoms with E-state index < -0.39 is 6.43 Å². The van der Waals surface area contributed by atoms with E-state index in [-0.39, 0.29) is 12.0 Å². The maximum absolute atomic E-state index is 12.8. The maximum Gasteiger partial charge on any atom is 0.243 e. The molecule has 0 radical (unpaired) electrons. The van der Waals surface area contributed by atoms with Gasteiger partial charge in [0.2, 0.25) is 6.43 Å². The lowest BCUT2D eigenvalue weighted by Crippen LogP contribution is -2.49. The van der Waals surface area contributed by atoms with Gasteiger partial charge in [-0.1, -0.05) is 0 Å². The molecule has 1 N–H and O–H groups in total. The van der Waals surface area contributed by atoms with Crippen molar-refractivity contribution < 1.29 is 13.5 Å². The fourth-order valence-corrected chi connectivity index (χ4v) is 5.54. The number of thiophene rings is 1. The van der Waals surface area contributed by atoms with Crippen LogP contribution in [-0.2, 0) is 29.7 Å². The van der Waals surface area contributed by atoms with Crippen LogP contribution in [0.15, 0.2) is 18.3 Å². The largest absolute Gasteiger partial charge is 0.369 e. The number of ether oxygens (including phenoxy) is 1. The summed E-state index contributed by atoms with van der Waals surface area (Å²) in [5, 5.41) is 7.04. The Balaban J connectivity index is 1.53. The Morgan fingerprint density at radius 3 is 3.12 bits per heavy atom. The van der Waals surface area contributed by atoms with Crippen LogP contribution in [0, 0.1) is 0 Å². The first-order chi connectivity index (χ1) is 12.1. The predicted molar refractivity (Wildman–Crippen MR) is 93.1 cm³/mol. The number of hydrogen-bond acceptors (Lipinski definition) is 4. The number of nitrogens with zero attached hydrogens (tertiary/aromatic N) is 2. The van der Waals surface area contributed by atoms with Crippen molar-refractivity contribution in [3.05, 3.63) is 39.3 Å². The Kier molecular flexibility index (Phi) is 4.64. The highest BCUT2D eigenvalue weighted by Crippen LogP contribution is 2.47. The molecular weight excluding hydrogens is 344 g/mol. The summed E-state index contributed by atoms with van der Waals surface area (Å²) >= 11 is 1.54. The van der Waals surface area contributed by atoms with Gasteiger partial charge in [0, 0.05) is 47.2 Å². The van der Waals surface area contributed by atoms with Gasteiger partial charge >= 0.3 is 0 Å². The van der Waals surface area contributed by atoms with Crippen molar-refractivity contribution in [2.75, 3.05) is 13.2 Å². The molecule has 2 atom stereocenters. The molecule has 4 heterocycles. The van der Waals surface area contributed by atoms with Crippen molar-refractivity contribution in [2.45, 2.75) is 57.2 Å². The van der Waals surface area contributed by atoms with E-state index in [0.29, 0.717) is 12.6 Å². The molecule has 0 unspecified atom stereocenters. The highest BCUT2D eigenvalue weighted by atomic mass is 32.1. The first-order valence-corrected chi connectivity index (χ1v) is 9.64. The van der Waals surface area contributed by atoms with E-state index in [0.717, 1.165) is 42.9 Å². The maximum atomic E-state index is 12.8. The lowest BCUT2D eigenvalue weighted by atomic mass is 9.82. The van der Waals surface area contributed by atoms with Crippen molar-refractivity contribution >= 4 is 11.3 Å². The SMILES string of the molecule is C[C@H]1C[C@@]2(CCN1Cc1ccn[nH]1)OCCc1cc(CC(F)F)sc12. The van der Waals surface area contributed by atoms with Crippen LogP contribution in [0.4, 0.5) is 8.78 Å². The molecule has 4 nitrogen and oxygen atoms in total. The van der Waals surface area contributed by atoms with E-state index in [4.69, 9.17) is 4.74 Å². The number of hydrogen-bond donors (Lipinski definition) is 1. The van der Waals surface area contributed by atoms with Gasteiger partial charge in [-0.15, -0.1) is 11.3 Å². The van der Waals surface area contributed by atoms with E-state index in [9.17, 15) is 8.78 Å². The monoisotopic (exact) mass is 367 g/mol. The van der Waals surface area contributed by atoms with Crippen LogP contribution < -0.4 is 0 Å². The molecule has 7 heteroatoms. The molecule has 4 rings (SSSR count). The van der Waals surface area contributed by atoms with E-state index in [2.05, 4.69) is 22.0 Å². The fourth-order valence-electron chi connectivity index (χ4n) is 4.15. The molecule has 25 heavy (non-hydrogen) atoms. The third-order valence-electron chi connectivity index (χ3n) is 5.36. The van der Waals surface area contributed by atoms with E-state index >= 15 is 0 Å². The highest BCUT2D eigenvalue weighted by Gasteiger charge is 2.44. The number of halogens is 2. The van der Waals surface area contributed by atoms with Crippen LogP contribution in [0.2, 0.25) is 0 Å². The zero-order valence-corrected chi connectivity index (χ0v) is 15.1. The molecule has 1 fully saturated rings. The lowest BCUT2D eigenvalue weighted by Gasteiger charge is -2.47. The number of fused-ring (bicyclic) bond motifs is 2. The average molecular weight is 367 g/mol. The number of likely N-dealkylation sites (tertiary alicyclic amines) is 1. The van der Waals surface area contributed by atoms with Crippen LogP contribution >= 0.6 is 11.3 Å². The molecular formula is C18H23F2N3OS. The number of H-pyrrole nitrogens is 1. The molecule has 0 bridgehead atoms. The summed E-state index contributed by atoms with van der Waals surface area (Å²) in [6.07, 6.45) is 2.00. The topological polar surface area (TPSA) is 41.2 Å². The number of aromatic amines is 1. The van der Waals surface area contributed by atoms with Crippen LogP contribution in [0.1, 0.15) is 40.8 Å². The Bertz CT molecular complexity index is 718. The Morgan fingerprint density at radius 2 is 2.40 bits per heavy atom. The van der Waals surface area contributed by atoms with E-state index in [1.54, 1.807) is 6.20 Å². The summed E-state index contributed by atoms with van der Waals surface area (Å²) < 4.78 is 31.8. The van der Waals surface area contributed by atoms with Crippen LogP contribution in [-0.4, -0.2) is 40.7 Å². The molecule has 0 amide bonds. The standard InChI is InChI=1S/C18H23F2N3OS/c1-12-10-18(4-6-23(12)11-14-2-5-21-22-14)17-13(3-7-24-18)8-15(25-17)9-16(19)20/h2,5,8,12,16H,3-4,6-7,9-11H2,1H3,(H,21,22)/t12-,18+/m0/s1. The van der Waals surface area contributed by atoms with E-state index in [1.807, 2.05) is 12.1 Å². The van der Waals surface area contributed by atoms with Gasteiger partial charge in [-0.25, -0.2) is 8.78 Å². The molecule has 2 aromatic rings. The summed E-state index contributed by atoms with van der Waals surface area (Å²) in [7, 11) is 0. The number of nitrogens with one attached hydrogen (secondary N) is 1. The molecule has 0 aliphatic carbocycles. The third-order valence-corrected chi connectivity index (χ3v) is 6.75. The first-order valence-electron chi connectivity index (χ1n) is 8.82. The van der Waals surface area contributed by atoms with Gasteiger partial charge in [0.05, 0.1) is 6.61 Å². The highest BCUT2D eigenvalue weighted by molar-refractivity contribution is 7.12. The van der Waals surface area contributed by atoms with Gasteiger partial charge in [0.1, 0.15) is 5.60 Å². The molecule has 1 saturated heterocycles. The minimum atomic E-state index is -2.29. The summed E-state index contributed by atoms with van der Waals surface area (Å²) in [5.74, 6) is 0. The number of piperidine rings is 1. The summed E-state index contributed by atoms with van der Waals surface area (Å²) in [6, 6.07) is 4.35. The summed E-state index contributed by atoms with van der Waals surface area (Å²) in [6.45, 7) is 4.70. The minimum Gasteiger partial charge on any atom is -0.369 e. The number of alkyl halides is 2. The second kappa shape index (κ2) is 6.78. The third kappa shape index (κ3) is 3.37. The van der Waals surface area contributed by atoms with Crippen LogP contribution in [0.5, 0.6) is 0 Å². The molecule has 2 aliphatic heterocycles. The fraction of sp³-hybridized carbons (Fsp3) is 0.611. The van der Waals surface area contributed by atoms with E-state index in [1.165, 1.54) is 21.8 Å². The van der Waals surface area contributed by atoms with Crippen molar-refractivity contribution in [2.24, 2.45) is 0 Å². The second-order valence-electron chi connectivity index (χ2n) is 7.11. The smallest absolute Gasteiger partial charge is 0.243 e. The zero-order chi connectivity index (χ0) is 17.4. The van der Waals surface area contributed by atoms with Gasteiger partial charge in [-0.3, -0.25) is 10.00 Å². The molecule has 0 aromatic carbocycles. The van der Waals surface area contributed by atoms with Crippen molar-refractivity contribution in [3.63, 3.8) is 0 Å². The van der Waals surface area contributed by atoms with Crippen LogP contribution in [0.25, 0.3) is 0 Å².